The van der Waals surface area contributed by atoms with Gasteiger partial charge in [-0.15, -0.1) is 0 Å². The molecule has 290 valence electrons. The summed E-state index contributed by atoms with van der Waals surface area (Å²) >= 11 is 0. The largest absolute Gasteiger partial charge is 0.456 e. The second kappa shape index (κ2) is 14.7. The van der Waals surface area contributed by atoms with Gasteiger partial charge in [0.25, 0.3) is 0 Å². The number of hydrogen-bond donors (Lipinski definition) is 0. The van der Waals surface area contributed by atoms with Crippen molar-refractivity contribution in [3.8, 4) is 78.7 Å². The first-order valence-corrected chi connectivity index (χ1v) is 19.9. The van der Waals surface area contributed by atoms with E-state index in [4.69, 9.17) is 34.8 Å². The fourth-order valence-electron chi connectivity index (χ4n) is 8.00. The Morgan fingerprint density at radius 1 is 0.323 bits per heavy atom. The lowest BCUT2D eigenvalue weighted by Gasteiger charge is -2.10. The van der Waals surface area contributed by atoms with Crippen LogP contribution >= 0.6 is 0 Å². The Morgan fingerprint density at radius 2 is 0.855 bits per heavy atom. The van der Waals surface area contributed by atoms with Crippen molar-refractivity contribution in [3.05, 3.63) is 212 Å². The Balaban J connectivity index is 1.04. The average Bonchev–Trinajstić information content (AvgIpc) is 4.02. The fourth-order valence-corrected chi connectivity index (χ4v) is 8.00. The van der Waals surface area contributed by atoms with E-state index in [2.05, 4.69) is 24.3 Å². The number of hydrogen-bond acceptors (Lipinski definition) is 5. The smallest absolute Gasteiger partial charge is 0.164 e. The van der Waals surface area contributed by atoms with Crippen LogP contribution in [0.5, 0.6) is 0 Å². The summed E-state index contributed by atoms with van der Waals surface area (Å²) in [5.74, 6) is 0.259. The van der Waals surface area contributed by atoms with Gasteiger partial charge in [0.15, 0.2) is 17.5 Å². The van der Waals surface area contributed by atoms with Crippen LogP contribution in [0, 0.1) is 0 Å². The standard InChI is InChI=1S/C57H35N3O2/c1-4-13-36(14-5-1)37-25-29-41(30-26-37)55-58-56(60-57(59-55)43-33-34-49-51(35-43)61-50-24-12-19-44(52(49)50)38-15-6-2-7-16-38)42-31-27-40(28-32-42)46-21-11-23-48-47-22-10-20-45(53(47)62-54(46)48)39-17-8-3-9-18-39/h1-35H/i2D,6D,7D,12D,15D,16D,19D,24D,33D,34D,35D. The molecule has 0 amide bonds. The number of furan rings is 2. The first-order chi connectivity index (χ1) is 35.3. The molecule has 5 nitrogen and oxygen atoms in total. The van der Waals surface area contributed by atoms with E-state index in [9.17, 15) is 4.11 Å². The summed E-state index contributed by atoms with van der Waals surface area (Å²) in [5.41, 5.74) is 6.71. The van der Waals surface area contributed by atoms with Crippen LogP contribution in [0.4, 0.5) is 0 Å². The first-order valence-electron chi connectivity index (χ1n) is 25.4. The van der Waals surface area contributed by atoms with E-state index in [1.807, 2.05) is 121 Å². The van der Waals surface area contributed by atoms with Gasteiger partial charge < -0.3 is 8.83 Å². The molecule has 9 aromatic carbocycles. The number of para-hydroxylation sites is 2. The van der Waals surface area contributed by atoms with Crippen molar-refractivity contribution < 1.29 is 23.9 Å². The first kappa shape index (κ1) is 25.9. The molecule has 12 aromatic rings. The van der Waals surface area contributed by atoms with Crippen molar-refractivity contribution in [3.63, 3.8) is 0 Å². The van der Waals surface area contributed by atoms with Crippen LogP contribution in [-0.4, -0.2) is 15.0 Å². The lowest BCUT2D eigenvalue weighted by molar-refractivity contribution is 0.669. The van der Waals surface area contributed by atoms with Gasteiger partial charge in [-0.2, -0.15) is 0 Å². The van der Waals surface area contributed by atoms with Crippen LogP contribution in [0.15, 0.2) is 221 Å². The zero-order chi connectivity index (χ0) is 50.6. The molecular formula is C57H35N3O2. The van der Waals surface area contributed by atoms with Crippen LogP contribution in [0.3, 0.4) is 0 Å². The predicted molar refractivity (Wildman–Crippen MR) is 252 cm³/mol. The normalized spacial score (nSPS) is 14.0. The molecule has 0 unspecified atom stereocenters. The van der Waals surface area contributed by atoms with Crippen molar-refractivity contribution >= 4 is 43.9 Å². The maximum atomic E-state index is 9.63. The molecule has 0 aliphatic rings. The molecule has 0 N–H and O–H groups in total. The Kier molecular flexibility index (Phi) is 6.15. The molecule has 0 radical (unpaired) electrons. The predicted octanol–water partition coefficient (Wildman–Crippen LogP) is 15.3. The zero-order valence-corrected chi connectivity index (χ0v) is 32.5. The van der Waals surface area contributed by atoms with Gasteiger partial charge in [0, 0.05) is 49.4 Å². The number of fused-ring (bicyclic) bond motifs is 6. The number of rotatable bonds is 7. The Labute approximate surface area is 372 Å². The van der Waals surface area contributed by atoms with Crippen LogP contribution in [-0.2, 0) is 0 Å². The molecule has 0 saturated carbocycles. The van der Waals surface area contributed by atoms with Crippen molar-refractivity contribution in [2.75, 3.05) is 0 Å². The summed E-state index contributed by atoms with van der Waals surface area (Å²) in [6.07, 6.45) is 0. The lowest BCUT2D eigenvalue weighted by atomic mass is 9.99. The molecule has 12 rings (SSSR count). The molecule has 3 aromatic heterocycles. The average molecular weight is 805 g/mol. The summed E-state index contributed by atoms with van der Waals surface area (Å²) < 4.78 is 110. The maximum absolute atomic E-state index is 9.63. The molecule has 0 atom stereocenters. The van der Waals surface area contributed by atoms with E-state index in [0.29, 0.717) is 11.1 Å². The second-order valence-corrected chi connectivity index (χ2v) is 14.7. The number of aromatic nitrogens is 3. The summed E-state index contributed by atoms with van der Waals surface area (Å²) in [4.78, 5) is 14.6. The highest BCUT2D eigenvalue weighted by Gasteiger charge is 2.19. The van der Waals surface area contributed by atoms with Gasteiger partial charge in [-0.3, -0.25) is 0 Å². The van der Waals surface area contributed by atoms with Crippen LogP contribution in [0.2, 0.25) is 0 Å². The van der Waals surface area contributed by atoms with Gasteiger partial charge in [-0.25, -0.2) is 15.0 Å². The van der Waals surface area contributed by atoms with Crippen molar-refractivity contribution in [1.82, 2.24) is 15.0 Å². The van der Waals surface area contributed by atoms with Gasteiger partial charge in [-0.05, 0) is 51.5 Å². The number of benzene rings is 9. The SMILES string of the molecule is [2H]c1c([2H])c([2H])c(-c2c([2H])c([2H])c([2H])c3oc4c([2H])c(-c5nc(-c6ccc(-c7ccccc7)cc6)nc(-c6ccc(-c7cccc8c7oc7c(-c9ccccc9)cccc78)cc6)n5)c([2H])c([2H])c4c23)c([2H])c1[2H]. The van der Waals surface area contributed by atoms with Gasteiger partial charge >= 0.3 is 0 Å². The van der Waals surface area contributed by atoms with E-state index in [1.165, 1.54) is 0 Å². The summed E-state index contributed by atoms with van der Waals surface area (Å²) in [5, 5.41) is 1.54. The van der Waals surface area contributed by atoms with Gasteiger partial charge in [0.2, 0.25) is 0 Å². The highest BCUT2D eigenvalue weighted by molar-refractivity contribution is 6.14. The molecule has 0 fully saturated rings. The molecular weight excluding hydrogens is 759 g/mol. The second-order valence-electron chi connectivity index (χ2n) is 14.7. The summed E-state index contributed by atoms with van der Waals surface area (Å²) in [6.45, 7) is 0. The quantitative estimate of drug-likeness (QED) is 0.161. The van der Waals surface area contributed by atoms with Crippen LogP contribution in [0.25, 0.3) is 123 Å². The molecule has 0 aliphatic heterocycles. The summed E-state index contributed by atoms with van der Waals surface area (Å²) in [7, 11) is 0. The van der Waals surface area contributed by atoms with Gasteiger partial charge in [-0.1, -0.05) is 194 Å². The molecule has 0 aliphatic carbocycles. The van der Waals surface area contributed by atoms with Gasteiger partial charge in [0.05, 0.1) is 15.1 Å². The Morgan fingerprint density at radius 3 is 1.48 bits per heavy atom. The minimum atomic E-state index is -0.694. The topological polar surface area (TPSA) is 65.0 Å². The fraction of sp³-hybridized carbons (Fsp3) is 0. The minimum Gasteiger partial charge on any atom is -0.456 e. The Bertz CT molecular complexity index is 4230. The Hall–Kier alpha value is -8.41. The summed E-state index contributed by atoms with van der Waals surface area (Å²) in [6, 6.07) is 40.5. The maximum Gasteiger partial charge on any atom is 0.164 e. The zero-order valence-electron chi connectivity index (χ0n) is 43.5. The van der Waals surface area contributed by atoms with E-state index in [1.54, 1.807) is 0 Å². The number of nitrogens with zero attached hydrogens (tertiary/aromatic N) is 3. The minimum absolute atomic E-state index is 0.136. The van der Waals surface area contributed by atoms with E-state index >= 15 is 0 Å². The third-order valence-corrected chi connectivity index (χ3v) is 11.0. The van der Waals surface area contributed by atoms with E-state index < -0.39 is 72.0 Å². The van der Waals surface area contributed by atoms with E-state index in [0.717, 1.165) is 55.3 Å². The highest BCUT2D eigenvalue weighted by Crippen LogP contribution is 2.41. The molecule has 0 spiro atoms. The third kappa shape index (κ3) is 6.14. The van der Waals surface area contributed by atoms with Crippen molar-refractivity contribution in [1.29, 1.82) is 0 Å². The molecule has 5 heteroatoms. The van der Waals surface area contributed by atoms with Gasteiger partial charge in [0.1, 0.15) is 22.3 Å². The highest BCUT2D eigenvalue weighted by atomic mass is 16.3. The van der Waals surface area contributed by atoms with Crippen molar-refractivity contribution in [2.45, 2.75) is 0 Å². The molecule has 0 bridgehead atoms. The molecule has 0 saturated heterocycles. The lowest BCUT2D eigenvalue weighted by Crippen LogP contribution is -2.00. The third-order valence-electron chi connectivity index (χ3n) is 11.0. The molecule has 3 heterocycles. The van der Waals surface area contributed by atoms with Crippen molar-refractivity contribution in [2.24, 2.45) is 0 Å². The molecule has 62 heavy (non-hydrogen) atoms. The van der Waals surface area contributed by atoms with E-state index in [-0.39, 0.29) is 50.5 Å². The van der Waals surface area contributed by atoms with Crippen LogP contribution < -0.4 is 0 Å². The monoisotopic (exact) mass is 804 g/mol. The van der Waals surface area contributed by atoms with Crippen LogP contribution in [0.1, 0.15) is 15.1 Å².